The summed E-state index contributed by atoms with van der Waals surface area (Å²) in [7, 11) is 0. The zero-order chi connectivity index (χ0) is 24.4. The number of fused-ring (bicyclic) bond motifs is 3. The van der Waals surface area contributed by atoms with Gasteiger partial charge in [0.05, 0.1) is 10.7 Å². The van der Waals surface area contributed by atoms with Gasteiger partial charge in [0.1, 0.15) is 11.1 Å². The molecule has 0 saturated heterocycles. The first-order valence-electron chi connectivity index (χ1n) is 12.6. The molecule has 0 bridgehead atoms. The standard InChI is InChI=1S/C28H36ClN3O2/c1-6-20(7-2)11-8-19(5)16-30-28(33)25-27-26(21-12-9-18(4)15-24(21)34-27)32(31-25)23-13-10-17(3)14-22(23)29/h9,12-15,17,19-20H,6-8,10-11,16H2,1-5H3,(H,30,33). The van der Waals surface area contributed by atoms with Crippen molar-refractivity contribution in [3.63, 3.8) is 0 Å². The first kappa shape index (κ1) is 24.6. The Morgan fingerprint density at radius 2 is 2.06 bits per heavy atom. The highest BCUT2D eigenvalue weighted by molar-refractivity contribution is 6.36. The van der Waals surface area contributed by atoms with Crippen LogP contribution in [0.2, 0.25) is 0 Å². The summed E-state index contributed by atoms with van der Waals surface area (Å²) in [5, 5.41) is 9.39. The molecule has 5 nitrogen and oxygen atoms in total. The van der Waals surface area contributed by atoms with Gasteiger partial charge in [-0.3, -0.25) is 4.79 Å². The smallest absolute Gasteiger partial charge is 0.275 e. The number of aromatic nitrogens is 2. The number of hydrogen-bond acceptors (Lipinski definition) is 3. The van der Waals surface area contributed by atoms with Crippen LogP contribution in [0.15, 0.2) is 39.8 Å². The Morgan fingerprint density at radius 3 is 2.76 bits per heavy atom. The number of furan rings is 1. The topological polar surface area (TPSA) is 60.1 Å². The lowest BCUT2D eigenvalue weighted by Crippen LogP contribution is -2.29. The van der Waals surface area contributed by atoms with Crippen LogP contribution >= 0.6 is 11.6 Å². The number of nitrogens with zero attached hydrogens (tertiary/aromatic N) is 2. The van der Waals surface area contributed by atoms with Crippen LogP contribution in [0.1, 0.15) is 75.9 Å². The highest BCUT2D eigenvalue weighted by Crippen LogP contribution is 2.37. The minimum Gasteiger partial charge on any atom is -0.452 e. The minimum absolute atomic E-state index is 0.209. The molecule has 182 valence electrons. The summed E-state index contributed by atoms with van der Waals surface area (Å²) in [4.78, 5) is 13.3. The van der Waals surface area contributed by atoms with E-state index in [1.165, 1.54) is 19.3 Å². The highest BCUT2D eigenvalue weighted by atomic mass is 35.5. The molecule has 0 saturated carbocycles. The largest absolute Gasteiger partial charge is 0.452 e. The summed E-state index contributed by atoms with van der Waals surface area (Å²) in [6.07, 6.45) is 9.73. The molecular formula is C28H36ClN3O2. The number of halogens is 1. The number of allylic oxidation sites excluding steroid dienone is 4. The van der Waals surface area contributed by atoms with E-state index in [0.29, 0.717) is 34.7 Å². The van der Waals surface area contributed by atoms with Gasteiger partial charge < -0.3 is 9.73 Å². The molecule has 0 radical (unpaired) electrons. The Kier molecular flexibility index (Phi) is 7.51. The van der Waals surface area contributed by atoms with E-state index >= 15 is 0 Å². The Morgan fingerprint density at radius 1 is 1.29 bits per heavy atom. The normalized spacial score (nSPS) is 17.3. The van der Waals surface area contributed by atoms with E-state index in [9.17, 15) is 4.79 Å². The number of hydrogen-bond donors (Lipinski definition) is 1. The Labute approximate surface area is 207 Å². The fourth-order valence-electron chi connectivity index (χ4n) is 4.73. The zero-order valence-electron chi connectivity index (χ0n) is 21.0. The summed E-state index contributed by atoms with van der Waals surface area (Å²) < 4.78 is 7.98. The minimum atomic E-state index is -0.209. The number of nitrogens with one attached hydrogen (secondary N) is 1. The third kappa shape index (κ3) is 4.95. The number of carbonyl (C=O) groups is 1. The average Bonchev–Trinajstić information content (AvgIpc) is 3.35. The molecule has 2 unspecified atom stereocenters. The van der Waals surface area contributed by atoms with Crippen LogP contribution in [0, 0.1) is 24.7 Å². The summed E-state index contributed by atoms with van der Waals surface area (Å²) in [5.74, 6) is 1.33. The molecular weight excluding hydrogens is 446 g/mol. The van der Waals surface area contributed by atoms with Gasteiger partial charge in [0, 0.05) is 11.9 Å². The van der Waals surface area contributed by atoms with Crippen LogP contribution < -0.4 is 5.32 Å². The lowest BCUT2D eigenvalue weighted by molar-refractivity contribution is 0.0942. The fourth-order valence-corrected chi connectivity index (χ4v) is 5.11. The van der Waals surface area contributed by atoms with Crippen LogP contribution in [0.4, 0.5) is 0 Å². The van der Waals surface area contributed by atoms with E-state index in [1.54, 1.807) is 4.68 Å². The van der Waals surface area contributed by atoms with Gasteiger partial charge in [-0.1, -0.05) is 76.8 Å². The van der Waals surface area contributed by atoms with Crippen LogP contribution in [-0.2, 0) is 0 Å². The summed E-state index contributed by atoms with van der Waals surface area (Å²) in [5.41, 5.74) is 4.25. The Bertz CT molecular complexity index is 1250. The predicted octanol–water partition coefficient (Wildman–Crippen LogP) is 7.68. The summed E-state index contributed by atoms with van der Waals surface area (Å²) in [6, 6.07) is 6.07. The van der Waals surface area contributed by atoms with Crippen molar-refractivity contribution in [3.05, 3.63) is 46.6 Å². The molecule has 1 aromatic carbocycles. The van der Waals surface area contributed by atoms with Crippen molar-refractivity contribution >= 4 is 45.3 Å². The molecule has 2 heterocycles. The zero-order valence-corrected chi connectivity index (χ0v) is 21.7. The van der Waals surface area contributed by atoms with Gasteiger partial charge in [-0.05, 0) is 55.2 Å². The number of aryl methyl sites for hydroxylation is 1. The van der Waals surface area contributed by atoms with Crippen molar-refractivity contribution in [1.82, 2.24) is 15.1 Å². The molecule has 6 heteroatoms. The van der Waals surface area contributed by atoms with Gasteiger partial charge in [-0.2, -0.15) is 5.10 Å². The predicted molar refractivity (Wildman–Crippen MR) is 141 cm³/mol. The van der Waals surface area contributed by atoms with Gasteiger partial charge in [0.25, 0.3) is 5.91 Å². The van der Waals surface area contributed by atoms with E-state index < -0.39 is 0 Å². The lowest BCUT2D eigenvalue weighted by Gasteiger charge is -2.17. The molecule has 0 aliphatic heterocycles. The second-order valence-electron chi connectivity index (χ2n) is 9.93. The second kappa shape index (κ2) is 10.4. The second-order valence-corrected chi connectivity index (χ2v) is 10.3. The third-order valence-electron chi connectivity index (χ3n) is 7.08. The lowest BCUT2D eigenvalue weighted by atomic mass is 9.93. The maximum atomic E-state index is 13.3. The van der Waals surface area contributed by atoms with Crippen molar-refractivity contribution < 1.29 is 9.21 Å². The van der Waals surface area contributed by atoms with Crippen molar-refractivity contribution in [3.8, 4) is 0 Å². The Balaban J connectivity index is 1.64. The molecule has 1 amide bonds. The van der Waals surface area contributed by atoms with Gasteiger partial charge >= 0.3 is 0 Å². The van der Waals surface area contributed by atoms with E-state index in [2.05, 4.69) is 39.1 Å². The number of carbonyl (C=O) groups excluding carboxylic acids is 1. The van der Waals surface area contributed by atoms with Gasteiger partial charge in [0.15, 0.2) is 11.3 Å². The van der Waals surface area contributed by atoms with Gasteiger partial charge in [-0.25, -0.2) is 4.68 Å². The first-order chi connectivity index (χ1) is 16.3. The van der Waals surface area contributed by atoms with Gasteiger partial charge in [0.2, 0.25) is 0 Å². The maximum absolute atomic E-state index is 13.3. The van der Waals surface area contributed by atoms with Crippen molar-refractivity contribution in [2.75, 3.05) is 6.54 Å². The van der Waals surface area contributed by atoms with Crippen LogP contribution in [-0.4, -0.2) is 22.2 Å². The van der Waals surface area contributed by atoms with E-state index in [0.717, 1.165) is 46.5 Å². The number of amides is 1. The summed E-state index contributed by atoms with van der Waals surface area (Å²) in [6.45, 7) is 11.5. The molecule has 0 fully saturated rings. The average molecular weight is 482 g/mol. The number of benzene rings is 1. The highest BCUT2D eigenvalue weighted by Gasteiger charge is 2.27. The Hall–Kier alpha value is -2.53. The van der Waals surface area contributed by atoms with Crippen LogP contribution in [0.5, 0.6) is 0 Å². The first-order valence-corrected chi connectivity index (χ1v) is 13.0. The molecule has 0 spiro atoms. The molecule has 3 aromatic rings. The van der Waals surface area contributed by atoms with E-state index in [-0.39, 0.29) is 5.91 Å². The monoisotopic (exact) mass is 481 g/mol. The molecule has 2 aromatic heterocycles. The summed E-state index contributed by atoms with van der Waals surface area (Å²) >= 11 is 6.63. The van der Waals surface area contributed by atoms with Crippen molar-refractivity contribution in [2.24, 2.45) is 17.8 Å². The molecule has 1 aliphatic rings. The number of rotatable bonds is 9. The van der Waals surface area contributed by atoms with Crippen molar-refractivity contribution in [2.45, 2.75) is 66.7 Å². The van der Waals surface area contributed by atoms with E-state index in [4.69, 9.17) is 21.1 Å². The van der Waals surface area contributed by atoms with Crippen LogP contribution in [0.3, 0.4) is 0 Å². The maximum Gasteiger partial charge on any atom is 0.275 e. The molecule has 1 aliphatic carbocycles. The van der Waals surface area contributed by atoms with Crippen LogP contribution in [0.25, 0.3) is 27.8 Å². The van der Waals surface area contributed by atoms with Gasteiger partial charge in [-0.15, -0.1) is 0 Å². The molecule has 1 N–H and O–H groups in total. The van der Waals surface area contributed by atoms with E-state index in [1.807, 2.05) is 31.2 Å². The molecule has 4 rings (SSSR count). The molecule has 34 heavy (non-hydrogen) atoms. The fraction of sp³-hybridized carbons (Fsp3) is 0.500. The molecule has 2 atom stereocenters. The van der Waals surface area contributed by atoms with Crippen molar-refractivity contribution in [1.29, 1.82) is 0 Å². The SMILES string of the molecule is CCC(CC)CCC(C)CNC(=O)c1nn(C2=CCC(C)C=C2Cl)c2c1oc1cc(C)ccc12. The third-order valence-corrected chi connectivity index (χ3v) is 7.40. The quantitative estimate of drug-likeness (QED) is 0.341.